The van der Waals surface area contributed by atoms with Gasteiger partial charge in [0, 0.05) is 24.7 Å². The third-order valence-corrected chi connectivity index (χ3v) is 2.54. The number of nitrogens with one attached hydrogen (secondary N) is 2. The van der Waals surface area contributed by atoms with Crippen molar-refractivity contribution in [1.29, 1.82) is 0 Å². The van der Waals surface area contributed by atoms with E-state index in [9.17, 15) is 9.59 Å². The average Bonchev–Trinajstić information content (AvgIpc) is 2.38. The Morgan fingerprint density at radius 1 is 1.25 bits per heavy atom. The van der Waals surface area contributed by atoms with E-state index in [4.69, 9.17) is 4.74 Å². The van der Waals surface area contributed by atoms with Crippen molar-refractivity contribution in [2.45, 2.75) is 33.2 Å². The first kappa shape index (κ1) is 16.0. The van der Waals surface area contributed by atoms with E-state index >= 15 is 0 Å². The molecule has 0 fully saturated rings. The molecule has 1 amide bonds. The molecule has 0 atom stereocenters. The minimum absolute atomic E-state index is 0.0129. The van der Waals surface area contributed by atoms with Crippen LogP contribution in [-0.2, 0) is 9.53 Å². The molecule has 0 radical (unpaired) electrons. The molecule has 2 N–H and O–H groups in total. The largest absolute Gasteiger partial charge is 0.462 e. The van der Waals surface area contributed by atoms with Crippen LogP contribution < -0.4 is 10.6 Å². The van der Waals surface area contributed by atoms with Gasteiger partial charge in [0.1, 0.15) is 0 Å². The SMILES string of the molecule is CCOC(=O)c1ccccc1NCCC(=O)NC(C)C. The second kappa shape index (κ2) is 8.19. The molecule has 20 heavy (non-hydrogen) atoms. The number of anilines is 1. The van der Waals surface area contributed by atoms with Crippen LogP contribution in [-0.4, -0.2) is 31.1 Å². The molecule has 0 unspecified atom stereocenters. The summed E-state index contributed by atoms with van der Waals surface area (Å²) >= 11 is 0. The molecule has 0 aliphatic carbocycles. The average molecular weight is 278 g/mol. The lowest BCUT2D eigenvalue weighted by molar-refractivity contribution is -0.121. The van der Waals surface area contributed by atoms with Gasteiger partial charge in [0.05, 0.1) is 12.2 Å². The molecule has 0 saturated carbocycles. The van der Waals surface area contributed by atoms with Gasteiger partial charge in [0.25, 0.3) is 0 Å². The summed E-state index contributed by atoms with van der Waals surface area (Å²) in [6.07, 6.45) is 0.356. The number of rotatable bonds is 7. The molecular weight excluding hydrogens is 256 g/mol. The lowest BCUT2D eigenvalue weighted by Gasteiger charge is -2.12. The Bertz CT molecular complexity index is 458. The molecule has 0 aliphatic rings. The van der Waals surface area contributed by atoms with Crippen molar-refractivity contribution in [3.8, 4) is 0 Å². The summed E-state index contributed by atoms with van der Waals surface area (Å²) in [5.41, 5.74) is 1.17. The van der Waals surface area contributed by atoms with Gasteiger partial charge in [-0.15, -0.1) is 0 Å². The first-order chi connectivity index (χ1) is 9.54. The highest BCUT2D eigenvalue weighted by Crippen LogP contribution is 2.16. The highest BCUT2D eigenvalue weighted by molar-refractivity contribution is 5.95. The number of amides is 1. The van der Waals surface area contributed by atoms with E-state index in [0.717, 1.165) is 0 Å². The van der Waals surface area contributed by atoms with Crippen LogP contribution in [0.1, 0.15) is 37.6 Å². The molecule has 0 aliphatic heterocycles. The molecule has 0 aromatic heterocycles. The van der Waals surface area contributed by atoms with Gasteiger partial charge in [0.15, 0.2) is 0 Å². The number of esters is 1. The van der Waals surface area contributed by atoms with E-state index in [1.54, 1.807) is 25.1 Å². The van der Waals surface area contributed by atoms with Gasteiger partial charge in [-0.25, -0.2) is 4.79 Å². The van der Waals surface area contributed by atoms with Gasteiger partial charge in [-0.1, -0.05) is 12.1 Å². The molecular formula is C15H22N2O3. The van der Waals surface area contributed by atoms with Crippen LogP contribution in [0.5, 0.6) is 0 Å². The molecule has 110 valence electrons. The van der Waals surface area contributed by atoms with Crippen LogP contribution in [0.25, 0.3) is 0 Å². The van der Waals surface area contributed by atoms with Gasteiger partial charge < -0.3 is 15.4 Å². The van der Waals surface area contributed by atoms with Gasteiger partial charge in [-0.3, -0.25) is 4.79 Å². The number of carbonyl (C=O) groups excluding carboxylic acids is 2. The standard InChI is InChI=1S/C15H22N2O3/c1-4-20-15(19)12-7-5-6-8-13(12)16-10-9-14(18)17-11(2)3/h5-8,11,16H,4,9-10H2,1-3H3,(H,17,18). The Kier molecular flexibility index (Phi) is 6.56. The molecule has 1 aromatic rings. The predicted molar refractivity (Wildman–Crippen MR) is 78.8 cm³/mol. The highest BCUT2D eigenvalue weighted by Gasteiger charge is 2.11. The van der Waals surface area contributed by atoms with Crippen LogP contribution in [0.2, 0.25) is 0 Å². The Labute approximate surface area is 119 Å². The molecule has 0 heterocycles. The number of carbonyl (C=O) groups is 2. The van der Waals surface area contributed by atoms with E-state index < -0.39 is 0 Å². The molecule has 0 spiro atoms. The predicted octanol–water partition coefficient (Wildman–Crippen LogP) is 2.19. The fourth-order valence-corrected chi connectivity index (χ4v) is 1.73. The van der Waals surface area contributed by atoms with Crippen LogP contribution in [0.15, 0.2) is 24.3 Å². The lowest BCUT2D eigenvalue weighted by atomic mass is 10.1. The molecule has 0 bridgehead atoms. The van der Waals surface area contributed by atoms with Crippen molar-refractivity contribution in [3.63, 3.8) is 0 Å². The Hall–Kier alpha value is -2.04. The fourth-order valence-electron chi connectivity index (χ4n) is 1.73. The third-order valence-electron chi connectivity index (χ3n) is 2.54. The zero-order valence-electron chi connectivity index (χ0n) is 12.2. The molecule has 1 rings (SSSR count). The van der Waals surface area contributed by atoms with Gasteiger partial charge in [-0.05, 0) is 32.9 Å². The quantitative estimate of drug-likeness (QED) is 0.750. The normalized spacial score (nSPS) is 10.2. The minimum atomic E-state index is -0.359. The lowest BCUT2D eigenvalue weighted by Crippen LogP contribution is -2.31. The molecule has 5 heteroatoms. The van der Waals surface area contributed by atoms with E-state index in [-0.39, 0.29) is 17.9 Å². The summed E-state index contributed by atoms with van der Waals surface area (Å²) in [6.45, 7) is 6.41. The van der Waals surface area contributed by atoms with Crippen LogP contribution in [0.4, 0.5) is 5.69 Å². The maximum absolute atomic E-state index is 11.8. The van der Waals surface area contributed by atoms with Crippen LogP contribution >= 0.6 is 0 Å². The topological polar surface area (TPSA) is 67.4 Å². The first-order valence-electron chi connectivity index (χ1n) is 6.84. The van der Waals surface area contributed by atoms with E-state index in [1.165, 1.54) is 0 Å². The van der Waals surface area contributed by atoms with E-state index in [0.29, 0.717) is 30.8 Å². The molecule has 0 saturated heterocycles. The van der Waals surface area contributed by atoms with E-state index in [1.807, 2.05) is 19.9 Å². The van der Waals surface area contributed by atoms with Crippen LogP contribution in [0.3, 0.4) is 0 Å². The number of benzene rings is 1. The van der Waals surface area contributed by atoms with Crippen molar-refractivity contribution < 1.29 is 14.3 Å². The first-order valence-corrected chi connectivity index (χ1v) is 6.84. The van der Waals surface area contributed by atoms with Gasteiger partial charge in [-0.2, -0.15) is 0 Å². The number of hydrogen-bond acceptors (Lipinski definition) is 4. The molecule has 1 aromatic carbocycles. The van der Waals surface area contributed by atoms with Gasteiger partial charge in [0.2, 0.25) is 5.91 Å². The summed E-state index contributed by atoms with van der Waals surface area (Å²) < 4.78 is 4.99. The Morgan fingerprint density at radius 2 is 1.95 bits per heavy atom. The van der Waals surface area contributed by atoms with Crippen molar-refractivity contribution in [3.05, 3.63) is 29.8 Å². The van der Waals surface area contributed by atoms with Crippen molar-refractivity contribution >= 4 is 17.6 Å². The second-order valence-electron chi connectivity index (χ2n) is 4.67. The molecule has 5 nitrogen and oxygen atoms in total. The maximum atomic E-state index is 11.8. The van der Waals surface area contributed by atoms with E-state index in [2.05, 4.69) is 10.6 Å². The zero-order valence-corrected chi connectivity index (χ0v) is 12.2. The van der Waals surface area contributed by atoms with Crippen molar-refractivity contribution in [1.82, 2.24) is 5.32 Å². The number of para-hydroxylation sites is 1. The zero-order chi connectivity index (χ0) is 15.0. The highest BCUT2D eigenvalue weighted by atomic mass is 16.5. The summed E-state index contributed by atoms with van der Waals surface area (Å²) in [5, 5.41) is 5.91. The monoisotopic (exact) mass is 278 g/mol. The number of hydrogen-bond donors (Lipinski definition) is 2. The smallest absolute Gasteiger partial charge is 0.340 e. The second-order valence-corrected chi connectivity index (χ2v) is 4.67. The van der Waals surface area contributed by atoms with Crippen molar-refractivity contribution in [2.75, 3.05) is 18.5 Å². The summed E-state index contributed by atoms with van der Waals surface area (Å²) in [5.74, 6) is -0.372. The number of ether oxygens (including phenoxy) is 1. The van der Waals surface area contributed by atoms with Crippen molar-refractivity contribution in [2.24, 2.45) is 0 Å². The third kappa shape index (κ3) is 5.30. The Balaban J connectivity index is 2.55. The van der Waals surface area contributed by atoms with Gasteiger partial charge >= 0.3 is 5.97 Å². The van der Waals surface area contributed by atoms with Crippen LogP contribution in [0, 0.1) is 0 Å². The fraction of sp³-hybridized carbons (Fsp3) is 0.467. The minimum Gasteiger partial charge on any atom is -0.462 e. The summed E-state index contributed by atoms with van der Waals surface area (Å²) in [4.78, 5) is 23.3. The Morgan fingerprint density at radius 3 is 2.60 bits per heavy atom. The summed E-state index contributed by atoms with van der Waals surface area (Å²) in [7, 11) is 0. The summed E-state index contributed by atoms with van der Waals surface area (Å²) in [6, 6.07) is 7.25. The maximum Gasteiger partial charge on any atom is 0.340 e.